The molecule has 1 aromatic heterocycles. The van der Waals surface area contributed by atoms with E-state index in [4.69, 9.17) is 4.74 Å². The molecule has 0 aliphatic heterocycles. The number of unbranched alkanes of at least 4 members (excludes halogenated alkanes) is 4. The van der Waals surface area contributed by atoms with Crippen LogP contribution in [0.2, 0.25) is 0 Å². The summed E-state index contributed by atoms with van der Waals surface area (Å²) in [5.74, 6) is 0.561. The largest absolute Gasteiger partial charge is 0.466 e. The van der Waals surface area contributed by atoms with E-state index in [2.05, 4.69) is 12.1 Å². The number of carbonyl (C=O) groups excluding carboxylic acids is 1. The smallest absolute Gasteiger partial charge is 0.305 e. The highest BCUT2D eigenvalue weighted by Crippen LogP contribution is 2.38. The number of carbonyl (C=O) groups is 1. The maximum Gasteiger partial charge on any atom is 0.305 e. The summed E-state index contributed by atoms with van der Waals surface area (Å²) < 4.78 is 20.6. The molecule has 6 heteroatoms. The van der Waals surface area contributed by atoms with E-state index < -0.39 is 10.6 Å². The molecular formula is C26H35FO3S2. The number of ether oxygens (including phenoxy) is 1. The van der Waals surface area contributed by atoms with Gasteiger partial charge >= 0.3 is 5.97 Å². The van der Waals surface area contributed by atoms with E-state index >= 15 is 0 Å². The molecule has 0 radical (unpaired) electrons. The van der Waals surface area contributed by atoms with E-state index in [1.807, 2.05) is 24.8 Å². The number of esters is 1. The molecule has 3 nitrogen and oxygen atoms in total. The van der Waals surface area contributed by atoms with Gasteiger partial charge in [-0.1, -0.05) is 63.2 Å². The Balaban J connectivity index is 1.54. The second kappa shape index (κ2) is 13.3. The van der Waals surface area contributed by atoms with Crippen LogP contribution in [-0.4, -0.2) is 18.3 Å². The van der Waals surface area contributed by atoms with Crippen LogP contribution in [-0.2, 0) is 9.53 Å². The third-order valence-electron chi connectivity index (χ3n) is 6.23. The first-order valence-electron chi connectivity index (χ1n) is 12.1. The predicted molar refractivity (Wildman–Crippen MR) is 134 cm³/mol. The van der Waals surface area contributed by atoms with Gasteiger partial charge in [-0.2, -0.15) is 0 Å². The molecule has 1 aromatic carbocycles. The van der Waals surface area contributed by atoms with Gasteiger partial charge in [0.05, 0.1) is 6.61 Å². The molecule has 1 aliphatic rings. The minimum Gasteiger partial charge on any atom is -0.466 e. The average molecular weight is 479 g/mol. The molecular weight excluding hydrogens is 443 g/mol. The lowest BCUT2D eigenvalue weighted by atomic mass is 9.90. The van der Waals surface area contributed by atoms with Crippen LogP contribution in [0, 0.1) is 5.82 Å². The van der Waals surface area contributed by atoms with Gasteiger partial charge in [0.15, 0.2) is 5.82 Å². The number of benzene rings is 1. The fraction of sp³-hybridized carbons (Fsp3) is 0.615. The number of fused-ring (bicyclic) bond motifs is 1. The first-order chi connectivity index (χ1) is 15.6. The van der Waals surface area contributed by atoms with Crippen molar-refractivity contribution >= 4 is 39.2 Å². The van der Waals surface area contributed by atoms with Gasteiger partial charge in [-0.25, -0.2) is 4.39 Å². The van der Waals surface area contributed by atoms with Crippen molar-refractivity contribution in [3.63, 3.8) is 0 Å². The summed E-state index contributed by atoms with van der Waals surface area (Å²) in [6, 6.07) is 6.18. The SMILES string of the molecule is CCC(=O)OCCCCCCCSc1ccc2sc(=O)c(F)c(C3CCCCCC3)c2c1. The van der Waals surface area contributed by atoms with Crippen molar-refractivity contribution in [3.05, 3.63) is 39.1 Å². The highest BCUT2D eigenvalue weighted by atomic mass is 32.2. The third-order valence-corrected chi connectivity index (χ3v) is 8.25. The summed E-state index contributed by atoms with van der Waals surface area (Å²) in [5, 5.41) is 0.950. The summed E-state index contributed by atoms with van der Waals surface area (Å²) in [5.41, 5.74) is 0.678. The Hall–Kier alpha value is -1.40. The molecule has 0 bridgehead atoms. The second-order valence-corrected chi connectivity index (χ2v) is 10.8. The Morgan fingerprint density at radius 2 is 1.81 bits per heavy atom. The van der Waals surface area contributed by atoms with Gasteiger partial charge in [0.2, 0.25) is 0 Å². The van der Waals surface area contributed by atoms with E-state index in [1.54, 1.807) is 0 Å². The zero-order valence-electron chi connectivity index (χ0n) is 19.1. The van der Waals surface area contributed by atoms with Crippen LogP contribution in [0.5, 0.6) is 0 Å². The fourth-order valence-corrected chi connectivity index (χ4v) is 6.21. The summed E-state index contributed by atoms with van der Waals surface area (Å²) in [7, 11) is 0. The van der Waals surface area contributed by atoms with Crippen LogP contribution < -0.4 is 4.74 Å². The molecule has 32 heavy (non-hydrogen) atoms. The van der Waals surface area contributed by atoms with Crippen LogP contribution in [0.25, 0.3) is 10.1 Å². The molecule has 1 aliphatic carbocycles. The number of rotatable bonds is 11. The number of hydrogen-bond acceptors (Lipinski definition) is 5. The van der Waals surface area contributed by atoms with Gasteiger partial charge in [-0.15, -0.1) is 11.8 Å². The van der Waals surface area contributed by atoms with Crippen molar-refractivity contribution in [1.29, 1.82) is 0 Å². The van der Waals surface area contributed by atoms with Gasteiger partial charge in [-0.05, 0) is 60.9 Å². The average Bonchev–Trinajstić information content (AvgIpc) is 3.08. The monoisotopic (exact) mass is 478 g/mol. The lowest BCUT2D eigenvalue weighted by Crippen LogP contribution is -2.10. The molecule has 0 spiro atoms. The van der Waals surface area contributed by atoms with Crippen molar-refractivity contribution in [2.75, 3.05) is 12.4 Å². The van der Waals surface area contributed by atoms with E-state index in [-0.39, 0.29) is 11.9 Å². The maximum absolute atomic E-state index is 15.0. The lowest BCUT2D eigenvalue weighted by Gasteiger charge is -2.18. The molecule has 0 saturated heterocycles. The Labute approximate surface area is 199 Å². The normalized spacial score (nSPS) is 15.1. The number of hydrogen-bond donors (Lipinski definition) is 0. The summed E-state index contributed by atoms with van der Waals surface area (Å²) >= 11 is 2.85. The van der Waals surface area contributed by atoms with Crippen molar-refractivity contribution in [2.24, 2.45) is 0 Å². The second-order valence-electron chi connectivity index (χ2n) is 8.65. The van der Waals surface area contributed by atoms with E-state index in [9.17, 15) is 14.0 Å². The van der Waals surface area contributed by atoms with E-state index in [0.29, 0.717) is 18.6 Å². The fourth-order valence-electron chi connectivity index (χ4n) is 4.45. The van der Waals surface area contributed by atoms with Gasteiger partial charge in [0, 0.05) is 21.6 Å². The van der Waals surface area contributed by atoms with Crippen LogP contribution in [0.15, 0.2) is 27.9 Å². The van der Waals surface area contributed by atoms with E-state index in [1.165, 1.54) is 12.8 Å². The van der Waals surface area contributed by atoms with Crippen molar-refractivity contribution in [1.82, 2.24) is 0 Å². The zero-order valence-corrected chi connectivity index (χ0v) is 20.8. The predicted octanol–water partition coefficient (Wildman–Crippen LogP) is 7.83. The first kappa shape index (κ1) is 25.2. The highest BCUT2D eigenvalue weighted by Gasteiger charge is 2.23. The zero-order chi connectivity index (χ0) is 22.8. The maximum atomic E-state index is 15.0. The number of thioether (sulfide) groups is 1. The van der Waals surface area contributed by atoms with Crippen molar-refractivity contribution < 1.29 is 13.9 Å². The Kier molecular flexibility index (Phi) is 10.5. The lowest BCUT2D eigenvalue weighted by molar-refractivity contribution is -0.143. The summed E-state index contributed by atoms with van der Waals surface area (Å²) in [6.07, 6.45) is 12.5. The molecule has 0 atom stereocenters. The van der Waals surface area contributed by atoms with Crippen LogP contribution in [0.3, 0.4) is 0 Å². The summed E-state index contributed by atoms with van der Waals surface area (Å²) in [6.45, 7) is 2.34. The van der Waals surface area contributed by atoms with Gasteiger partial charge < -0.3 is 4.74 Å². The molecule has 1 saturated carbocycles. The Bertz CT molecular complexity index is 933. The third kappa shape index (κ3) is 7.31. The van der Waals surface area contributed by atoms with E-state index in [0.717, 1.165) is 89.9 Å². The first-order valence-corrected chi connectivity index (χ1v) is 13.9. The van der Waals surface area contributed by atoms with Crippen molar-refractivity contribution in [3.8, 4) is 0 Å². The minimum absolute atomic E-state index is 0.119. The Morgan fingerprint density at radius 3 is 2.56 bits per heavy atom. The van der Waals surface area contributed by atoms with Gasteiger partial charge in [-0.3, -0.25) is 9.59 Å². The number of halogens is 1. The molecule has 2 aromatic rings. The molecule has 1 heterocycles. The summed E-state index contributed by atoms with van der Waals surface area (Å²) in [4.78, 5) is 24.5. The molecule has 0 amide bonds. The Morgan fingerprint density at radius 1 is 1.09 bits per heavy atom. The van der Waals surface area contributed by atoms with Crippen LogP contribution >= 0.6 is 23.1 Å². The molecule has 176 valence electrons. The minimum atomic E-state index is -0.513. The van der Waals surface area contributed by atoms with Gasteiger partial charge in [0.1, 0.15) is 0 Å². The molecule has 3 rings (SSSR count). The molecule has 0 N–H and O–H groups in total. The standard InChI is InChI=1S/C26H35FO3S2/c1-2-23(28)30-16-10-6-3-7-11-17-31-20-14-15-22-21(18-20)24(25(27)26(29)32-22)19-12-8-4-5-9-13-19/h14-15,18-19H,2-13,16-17H2,1H3. The van der Waals surface area contributed by atoms with Crippen molar-refractivity contribution in [2.45, 2.75) is 94.8 Å². The van der Waals surface area contributed by atoms with Crippen LogP contribution in [0.4, 0.5) is 4.39 Å². The topological polar surface area (TPSA) is 43.4 Å². The molecule has 0 unspecified atom stereocenters. The van der Waals surface area contributed by atoms with Crippen LogP contribution in [0.1, 0.15) is 95.5 Å². The van der Waals surface area contributed by atoms with Gasteiger partial charge in [0.25, 0.3) is 4.74 Å². The molecule has 1 fully saturated rings. The quantitative estimate of drug-likeness (QED) is 0.143. The highest BCUT2D eigenvalue weighted by molar-refractivity contribution is 7.99.